The van der Waals surface area contributed by atoms with Gasteiger partial charge in [-0.2, -0.15) is 0 Å². The highest BCUT2D eigenvalue weighted by molar-refractivity contribution is 6.00. The van der Waals surface area contributed by atoms with Crippen LogP contribution in [0.3, 0.4) is 0 Å². The summed E-state index contributed by atoms with van der Waals surface area (Å²) < 4.78 is 0. The molecule has 3 heteroatoms. The molecule has 153 valence electrons. The number of aldehydes is 1. The number of carbonyl (C=O) groups excluding carboxylic acids is 1. The second-order valence-corrected chi connectivity index (χ2v) is 8.51. The average Bonchev–Trinajstić information content (AvgIpc) is 2.79. The first-order valence-corrected chi connectivity index (χ1v) is 10.7. The van der Waals surface area contributed by atoms with Crippen LogP contribution in [0.4, 0.5) is 0 Å². The van der Waals surface area contributed by atoms with Crippen molar-refractivity contribution in [3.8, 4) is 12.3 Å². The Morgan fingerprint density at radius 2 is 2.13 bits per heavy atom. The van der Waals surface area contributed by atoms with Gasteiger partial charge in [0.05, 0.1) is 0 Å². The van der Waals surface area contributed by atoms with Crippen LogP contribution in [-0.2, 0) is 13.0 Å². The number of terminal acetylenes is 1. The summed E-state index contributed by atoms with van der Waals surface area (Å²) in [6, 6.07) is 15.1. The van der Waals surface area contributed by atoms with Crippen LogP contribution in [0.1, 0.15) is 54.2 Å². The number of pyridine rings is 1. The zero-order chi connectivity index (χ0) is 20.9. The number of benzene rings is 2. The predicted molar refractivity (Wildman–Crippen MR) is 124 cm³/mol. The molecule has 2 unspecified atom stereocenters. The molecule has 30 heavy (non-hydrogen) atoms. The predicted octanol–water partition coefficient (Wildman–Crippen LogP) is 5.37. The quantitative estimate of drug-likeness (QED) is 0.414. The van der Waals surface area contributed by atoms with Gasteiger partial charge in [0, 0.05) is 37.5 Å². The first-order chi connectivity index (χ1) is 14.7. The molecule has 0 bridgehead atoms. The third kappa shape index (κ3) is 4.45. The maximum Gasteiger partial charge on any atom is 0.151 e. The Hall–Kier alpha value is -2.96. The van der Waals surface area contributed by atoms with Crippen molar-refractivity contribution in [1.29, 1.82) is 0 Å². The maximum absolute atomic E-state index is 11.5. The van der Waals surface area contributed by atoms with Gasteiger partial charge in [0.25, 0.3) is 0 Å². The molecule has 1 aromatic heterocycles. The van der Waals surface area contributed by atoms with Crippen molar-refractivity contribution < 1.29 is 6.22 Å². The van der Waals surface area contributed by atoms with E-state index in [1.807, 2.05) is 30.6 Å². The lowest BCUT2D eigenvalue weighted by atomic mass is 9.81. The summed E-state index contributed by atoms with van der Waals surface area (Å²) in [5.74, 6) is 3.30. The number of aromatic nitrogens is 1. The Balaban J connectivity index is 0.00000272. The van der Waals surface area contributed by atoms with Gasteiger partial charge in [-0.05, 0) is 66.3 Å². The summed E-state index contributed by atoms with van der Waals surface area (Å²) in [6.45, 7) is 0.952. The van der Waals surface area contributed by atoms with Crippen molar-refractivity contribution >= 4 is 17.1 Å². The van der Waals surface area contributed by atoms with Gasteiger partial charge in [-0.3, -0.25) is 14.7 Å². The number of fused-ring (bicyclic) bond motifs is 1. The molecule has 1 saturated carbocycles. The highest BCUT2D eigenvalue weighted by Crippen LogP contribution is 2.31. The molecule has 1 aliphatic rings. The Kier molecular flexibility index (Phi) is 6.26. The summed E-state index contributed by atoms with van der Waals surface area (Å²) in [6.07, 6.45) is 16.3. The van der Waals surface area contributed by atoms with Gasteiger partial charge >= 0.3 is 0 Å². The molecule has 1 aliphatic carbocycles. The van der Waals surface area contributed by atoms with E-state index in [4.69, 9.17) is 6.42 Å². The molecule has 4 rings (SSSR count). The topological polar surface area (TPSA) is 33.2 Å². The van der Waals surface area contributed by atoms with Crippen LogP contribution in [-0.4, -0.2) is 29.3 Å². The first kappa shape index (κ1) is 20.3. The molecule has 0 aliphatic heterocycles. The molecule has 1 heterocycles. The van der Waals surface area contributed by atoms with Crippen LogP contribution in [0, 0.1) is 18.3 Å². The maximum atomic E-state index is 11.5. The highest BCUT2D eigenvalue weighted by Gasteiger charge is 2.25. The van der Waals surface area contributed by atoms with E-state index in [0.29, 0.717) is 23.1 Å². The van der Waals surface area contributed by atoms with Crippen molar-refractivity contribution in [2.45, 2.75) is 44.7 Å². The van der Waals surface area contributed by atoms with E-state index in [-0.39, 0.29) is 1.43 Å². The van der Waals surface area contributed by atoms with Crippen molar-refractivity contribution in [3.05, 3.63) is 77.1 Å². The molecule has 3 aromatic rings. The standard InChI is InChI=1S/C27H28N2O.H/c1-3-23-10-11-24-15-21(9-12-26(24)27(23)19-30)14-20-6-4-8-25(16-20)29(2)18-22-7-5-13-28-17-22;/h1,5,7,9-13,15,17,19-20,25H,4,6,8,14,16,18H2,2H3;. The molecular formula is C27H29N2O. The minimum Gasteiger partial charge on any atom is -0.299 e. The second-order valence-electron chi connectivity index (χ2n) is 8.51. The summed E-state index contributed by atoms with van der Waals surface area (Å²) in [5.41, 5.74) is 3.90. The van der Waals surface area contributed by atoms with Gasteiger partial charge in [0.2, 0.25) is 0 Å². The molecule has 0 saturated heterocycles. The molecule has 2 aromatic carbocycles. The molecule has 1 fully saturated rings. The second kappa shape index (κ2) is 9.24. The largest absolute Gasteiger partial charge is 0.299 e. The van der Waals surface area contributed by atoms with Gasteiger partial charge < -0.3 is 0 Å². The normalized spacial score (nSPS) is 19.0. The van der Waals surface area contributed by atoms with Gasteiger partial charge in [0.15, 0.2) is 6.29 Å². The van der Waals surface area contributed by atoms with E-state index in [1.165, 1.54) is 36.8 Å². The molecule has 0 spiro atoms. The Morgan fingerprint density at radius 1 is 1.23 bits per heavy atom. The fourth-order valence-electron chi connectivity index (χ4n) is 4.87. The van der Waals surface area contributed by atoms with Crippen molar-refractivity contribution in [2.24, 2.45) is 5.92 Å². The monoisotopic (exact) mass is 397 g/mol. The van der Waals surface area contributed by atoms with E-state index in [2.05, 4.69) is 47.1 Å². The average molecular weight is 398 g/mol. The Labute approximate surface area is 180 Å². The van der Waals surface area contributed by atoms with Crippen LogP contribution in [0.25, 0.3) is 10.8 Å². The van der Waals surface area contributed by atoms with E-state index in [1.54, 1.807) is 0 Å². The Bertz CT molecular complexity index is 1070. The first-order valence-electron chi connectivity index (χ1n) is 10.7. The molecule has 3 nitrogen and oxygen atoms in total. The number of nitrogens with zero attached hydrogens (tertiary/aromatic N) is 2. The number of carbonyl (C=O) groups is 1. The van der Waals surface area contributed by atoms with Crippen molar-refractivity contribution in [2.75, 3.05) is 7.05 Å². The van der Waals surface area contributed by atoms with Crippen LogP contribution < -0.4 is 0 Å². The molecule has 0 amide bonds. The van der Waals surface area contributed by atoms with Crippen LogP contribution in [0.2, 0.25) is 0 Å². The van der Waals surface area contributed by atoms with Gasteiger partial charge in [0.1, 0.15) is 0 Å². The van der Waals surface area contributed by atoms with Crippen LogP contribution >= 0.6 is 0 Å². The minimum absolute atomic E-state index is 0. The smallest absolute Gasteiger partial charge is 0.151 e. The third-order valence-electron chi connectivity index (χ3n) is 6.46. The fourth-order valence-corrected chi connectivity index (χ4v) is 4.87. The lowest BCUT2D eigenvalue weighted by Crippen LogP contribution is -2.36. The number of rotatable bonds is 6. The summed E-state index contributed by atoms with van der Waals surface area (Å²) >= 11 is 0. The lowest BCUT2D eigenvalue weighted by molar-refractivity contribution is 0.112. The zero-order valence-electron chi connectivity index (χ0n) is 18.6. The molecule has 2 atom stereocenters. The van der Waals surface area contributed by atoms with Crippen molar-refractivity contribution in [1.82, 2.24) is 9.88 Å². The van der Waals surface area contributed by atoms with Gasteiger partial charge in [-0.25, -0.2) is 0 Å². The summed E-state index contributed by atoms with van der Waals surface area (Å²) in [4.78, 5) is 18.3. The van der Waals surface area contributed by atoms with Crippen LogP contribution in [0.5, 0.6) is 0 Å². The summed E-state index contributed by atoms with van der Waals surface area (Å²) in [5, 5.41) is 2.04. The Morgan fingerprint density at radius 3 is 2.90 bits per heavy atom. The van der Waals surface area contributed by atoms with E-state index < -0.39 is 0 Å². The SMILES string of the molecule is C#Cc1ccc2cc(CC3CCCC(N(C)Cc4cccnc4)C3)ccc2c1C=O.[H]. The van der Waals surface area contributed by atoms with Gasteiger partial charge in [-0.1, -0.05) is 49.1 Å². The van der Waals surface area contributed by atoms with Crippen LogP contribution in [0.15, 0.2) is 54.9 Å². The number of hydrogen-bond acceptors (Lipinski definition) is 3. The van der Waals surface area contributed by atoms with E-state index in [0.717, 1.165) is 30.0 Å². The minimum atomic E-state index is 0. The van der Waals surface area contributed by atoms with Crippen molar-refractivity contribution in [3.63, 3.8) is 0 Å². The highest BCUT2D eigenvalue weighted by atomic mass is 16.1. The molecular weight excluding hydrogens is 368 g/mol. The third-order valence-corrected chi connectivity index (χ3v) is 6.46. The van der Waals surface area contributed by atoms with E-state index in [9.17, 15) is 4.79 Å². The molecule has 1 radical (unpaired) electrons. The fraction of sp³-hybridized carbons (Fsp3) is 0.333. The number of hydrogen-bond donors (Lipinski definition) is 0. The lowest BCUT2D eigenvalue weighted by Gasteiger charge is -2.35. The zero-order valence-corrected chi connectivity index (χ0v) is 17.6. The summed E-state index contributed by atoms with van der Waals surface area (Å²) in [7, 11) is 2.24. The van der Waals surface area contributed by atoms with Gasteiger partial charge in [-0.15, -0.1) is 6.42 Å². The molecule has 0 N–H and O–H groups in total. The van der Waals surface area contributed by atoms with E-state index >= 15 is 0 Å².